The molecule has 6 nitrogen and oxygen atoms in total. The minimum Gasteiger partial charge on any atom is -0.349 e. The summed E-state index contributed by atoms with van der Waals surface area (Å²) < 4.78 is 1.98. The summed E-state index contributed by atoms with van der Waals surface area (Å²) in [5, 5.41) is 8.48. The van der Waals surface area contributed by atoms with Crippen molar-refractivity contribution in [3.63, 3.8) is 0 Å². The number of pyridine rings is 1. The summed E-state index contributed by atoms with van der Waals surface area (Å²) in [7, 11) is 0. The van der Waals surface area contributed by atoms with E-state index in [-0.39, 0.29) is 0 Å². The first-order valence-corrected chi connectivity index (χ1v) is 8.48. The molecule has 3 aromatic rings. The molecule has 0 unspecified atom stereocenters. The normalized spacial score (nSPS) is 22.7. The van der Waals surface area contributed by atoms with Crippen molar-refractivity contribution in [1.29, 1.82) is 0 Å². The molecule has 0 amide bonds. The van der Waals surface area contributed by atoms with Gasteiger partial charge in [0.2, 0.25) is 0 Å². The van der Waals surface area contributed by atoms with Crippen molar-refractivity contribution in [2.45, 2.75) is 32.4 Å². The Morgan fingerprint density at radius 2 is 2.12 bits per heavy atom. The third-order valence-corrected chi connectivity index (χ3v) is 5.16. The fraction of sp³-hybridized carbons (Fsp3) is 0.389. The molecule has 1 N–H and O–H groups in total. The van der Waals surface area contributed by atoms with Gasteiger partial charge in [-0.15, -0.1) is 5.10 Å². The molecule has 2 bridgehead atoms. The molecule has 2 aliphatic rings. The van der Waals surface area contributed by atoms with Gasteiger partial charge in [0.1, 0.15) is 5.82 Å². The lowest BCUT2D eigenvalue weighted by Gasteiger charge is -2.28. The molecule has 2 aliphatic heterocycles. The molecule has 5 rings (SSSR count). The van der Waals surface area contributed by atoms with E-state index in [1.54, 1.807) is 0 Å². The van der Waals surface area contributed by atoms with Crippen LogP contribution >= 0.6 is 0 Å². The Bertz CT molecular complexity index is 930. The van der Waals surface area contributed by atoms with E-state index in [0.717, 1.165) is 47.2 Å². The first-order chi connectivity index (χ1) is 11.7. The van der Waals surface area contributed by atoms with E-state index in [9.17, 15) is 0 Å². The van der Waals surface area contributed by atoms with Gasteiger partial charge >= 0.3 is 0 Å². The maximum Gasteiger partial charge on any atom is 0.154 e. The Labute approximate surface area is 140 Å². The van der Waals surface area contributed by atoms with Crippen LogP contribution in [0.25, 0.3) is 16.9 Å². The molecule has 0 saturated carbocycles. The summed E-state index contributed by atoms with van der Waals surface area (Å²) in [4.78, 5) is 11.4. The second-order valence-electron chi connectivity index (χ2n) is 6.84. The van der Waals surface area contributed by atoms with Crippen LogP contribution in [0, 0.1) is 13.8 Å². The molecule has 5 heterocycles. The molecule has 6 heteroatoms. The first kappa shape index (κ1) is 13.9. The Morgan fingerprint density at radius 1 is 1.21 bits per heavy atom. The Kier molecular flexibility index (Phi) is 2.91. The van der Waals surface area contributed by atoms with Crippen molar-refractivity contribution >= 4 is 11.5 Å². The van der Waals surface area contributed by atoms with E-state index in [4.69, 9.17) is 5.10 Å². The zero-order valence-corrected chi connectivity index (χ0v) is 13.9. The molecular weight excluding hydrogens is 300 g/mol. The molecule has 2 atom stereocenters. The number of hydrogen-bond donors (Lipinski definition) is 1. The third-order valence-electron chi connectivity index (χ3n) is 5.16. The fourth-order valence-electron chi connectivity index (χ4n) is 4.05. The van der Waals surface area contributed by atoms with Gasteiger partial charge in [0.25, 0.3) is 0 Å². The van der Waals surface area contributed by atoms with Crippen LogP contribution in [0.1, 0.15) is 17.8 Å². The summed E-state index contributed by atoms with van der Waals surface area (Å²) >= 11 is 0. The largest absolute Gasteiger partial charge is 0.349 e. The van der Waals surface area contributed by atoms with Crippen molar-refractivity contribution in [3.05, 3.63) is 41.9 Å². The predicted molar refractivity (Wildman–Crippen MR) is 93.2 cm³/mol. The smallest absolute Gasteiger partial charge is 0.154 e. The van der Waals surface area contributed by atoms with Crippen molar-refractivity contribution in [1.82, 2.24) is 24.9 Å². The molecule has 2 saturated heterocycles. The minimum absolute atomic E-state index is 0.566. The summed E-state index contributed by atoms with van der Waals surface area (Å²) in [5.74, 6) is 1.04. The highest BCUT2D eigenvalue weighted by Gasteiger charge is 2.38. The van der Waals surface area contributed by atoms with Crippen LogP contribution in [0.15, 0.2) is 30.5 Å². The molecule has 0 aliphatic carbocycles. The van der Waals surface area contributed by atoms with Crippen molar-refractivity contribution in [2.24, 2.45) is 0 Å². The zero-order valence-electron chi connectivity index (χ0n) is 13.9. The lowest BCUT2D eigenvalue weighted by atomic mass is 10.1. The van der Waals surface area contributed by atoms with Gasteiger partial charge < -0.3 is 10.2 Å². The number of fused-ring (bicyclic) bond motifs is 3. The van der Waals surface area contributed by atoms with E-state index >= 15 is 0 Å². The standard InChI is InChI=1S/C18H20N6/c1-11-7-13(5-6-19-11)18-12(2)21-16-3-4-17(22-24(16)18)23-10-14-8-15(23)9-20-14/h3-7,14-15,20H,8-10H2,1-2H3/t14-,15-/m1/s1. The highest BCUT2D eigenvalue weighted by Crippen LogP contribution is 2.30. The van der Waals surface area contributed by atoms with Gasteiger partial charge in [-0.05, 0) is 44.5 Å². The summed E-state index contributed by atoms with van der Waals surface area (Å²) in [5.41, 5.74) is 5.06. The lowest BCUT2D eigenvalue weighted by molar-refractivity contribution is 0.573. The number of anilines is 1. The van der Waals surface area contributed by atoms with Gasteiger partial charge in [0.05, 0.1) is 11.4 Å². The summed E-state index contributed by atoms with van der Waals surface area (Å²) in [6, 6.07) is 9.47. The van der Waals surface area contributed by atoms with Crippen molar-refractivity contribution in [3.8, 4) is 11.3 Å². The SMILES string of the molecule is Cc1cc(-c2c(C)nc3ccc(N4C[C@H]5C[C@@H]4CN5)nn23)ccn1. The molecule has 24 heavy (non-hydrogen) atoms. The first-order valence-electron chi connectivity index (χ1n) is 8.48. The summed E-state index contributed by atoms with van der Waals surface area (Å²) in [6.07, 6.45) is 3.07. The van der Waals surface area contributed by atoms with Gasteiger partial charge in [-0.3, -0.25) is 4.98 Å². The van der Waals surface area contributed by atoms with Gasteiger partial charge in [-0.2, -0.15) is 0 Å². The number of imidazole rings is 1. The molecule has 0 aromatic carbocycles. The predicted octanol–water partition coefficient (Wildman–Crippen LogP) is 1.96. The van der Waals surface area contributed by atoms with Gasteiger partial charge in [0, 0.05) is 42.6 Å². The average molecular weight is 320 g/mol. The molecule has 0 spiro atoms. The summed E-state index contributed by atoms with van der Waals surface area (Å²) in [6.45, 7) is 6.15. The average Bonchev–Trinajstić information content (AvgIpc) is 3.27. The molecular formula is C18H20N6. The number of rotatable bonds is 2. The zero-order chi connectivity index (χ0) is 16.3. The van der Waals surface area contributed by atoms with Gasteiger partial charge in [-0.25, -0.2) is 9.50 Å². The van der Waals surface area contributed by atoms with Gasteiger partial charge in [-0.1, -0.05) is 0 Å². The van der Waals surface area contributed by atoms with Crippen LogP contribution < -0.4 is 10.2 Å². The highest BCUT2D eigenvalue weighted by atomic mass is 15.4. The maximum absolute atomic E-state index is 4.93. The topological polar surface area (TPSA) is 58.4 Å². The number of hydrogen-bond acceptors (Lipinski definition) is 5. The Hall–Kier alpha value is -2.47. The quantitative estimate of drug-likeness (QED) is 0.782. The number of piperazine rings is 1. The Morgan fingerprint density at radius 3 is 2.88 bits per heavy atom. The number of aryl methyl sites for hydroxylation is 2. The Balaban J connectivity index is 1.65. The molecule has 2 fully saturated rings. The van der Waals surface area contributed by atoms with E-state index in [2.05, 4.69) is 38.4 Å². The van der Waals surface area contributed by atoms with E-state index in [1.165, 1.54) is 6.42 Å². The number of nitrogens with zero attached hydrogens (tertiary/aromatic N) is 5. The highest BCUT2D eigenvalue weighted by molar-refractivity contribution is 5.67. The number of aromatic nitrogens is 4. The maximum atomic E-state index is 4.93. The van der Waals surface area contributed by atoms with Crippen LogP contribution in [0.2, 0.25) is 0 Å². The minimum atomic E-state index is 0.566. The van der Waals surface area contributed by atoms with Gasteiger partial charge in [0.15, 0.2) is 5.65 Å². The monoisotopic (exact) mass is 320 g/mol. The van der Waals surface area contributed by atoms with E-state index < -0.39 is 0 Å². The van der Waals surface area contributed by atoms with E-state index in [0.29, 0.717) is 12.1 Å². The van der Waals surface area contributed by atoms with Crippen LogP contribution in [0.5, 0.6) is 0 Å². The second-order valence-corrected chi connectivity index (χ2v) is 6.84. The molecule has 0 radical (unpaired) electrons. The van der Waals surface area contributed by atoms with Crippen LogP contribution in [0.3, 0.4) is 0 Å². The van der Waals surface area contributed by atoms with Crippen LogP contribution in [-0.2, 0) is 0 Å². The fourth-order valence-corrected chi connectivity index (χ4v) is 4.05. The van der Waals surface area contributed by atoms with Crippen molar-refractivity contribution < 1.29 is 0 Å². The lowest BCUT2D eigenvalue weighted by Crippen LogP contribution is -2.44. The van der Waals surface area contributed by atoms with Crippen LogP contribution in [0.4, 0.5) is 5.82 Å². The van der Waals surface area contributed by atoms with Crippen molar-refractivity contribution in [2.75, 3.05) is 18.0 Å². The van der Waals surface area contributed by atoms with E-state index in [1.807, 2.05) is 30.6 Å². The number of nitrogens with one attached hydrogen (secondary N) is 1. The second kappa shape index (κ2) is 5.01. The third kappa shape index (κ3) is 2.03. The molecule has 122 valence electrons. The van der Waals surface area contributed by atoms with Crippen LogP contribution in [-0.4, -0.2) is 44.8 Å². The molecule has 3 aromatic heterocycles.